The number of carbonyl (C=O) groups excluding carboxylic acids is 2. The highest BCUT2D eigenvalue weighted by atomic mass is 16.6. The Morgan fingerprint density at radius 1 is 1.06 bits per heavy atom. The summed E-state index contributed by atoms with van der Waals surface area (Å²) in [5.74, 6) is 0.661. The lowest BCUT2D eigenvalue weighted by atomic mass is 10.3. The summed E-state index contributed by atoms with van der Waals surface area (Å²) < 4.78 is 5.09. The number of guanidine groups is 1. The van der Waals surface area contributed by atoms with Gasteiger partial charge >= 0.3 is 6.09 Å². The first-order chi connectivity index (χ1) is 14.9. The number of para-hydroxylation sites is 1. The fourth-order valence-corrected chi connectivity index (χ4v) is 3.20. The fraction of sp³-hybridized carbons (Fsp3) is 0.591. The molecule has 9 nitrogen and oxygen atoms in total. The molecule has 1 aromatic carbocycles. The highest BCUT2D eigenvalue weighted by molar-refractivity contribution is 5.85. The van der Waals surface area contributed by atoms with Crippen molar-refractivity contribution < 1.29 is 14.3 Å². The summed E-state index contributed by atoms with van der Waals surface area (Å²) >= 11 is 0. The van der Waals surface area contributed by atoms with Crippen molar-refractivity contribution in [2.24, 2.45) is 4.99 Å². The molecule has 0 radical (unpaired) electrons. The van der Waals surface area contributed by atoms with Crippen molar-refractivity contribution in [3.63, 3.8) is 0 Å². The van der Waals surface area contributed by atoms with Crippen molar-refractivity contribution in [1.29, 1.82) is 0 Å². The van der Waals surface area contributed by atoms with Gasteiger partial charge in [-0.25, -0.2) is 9.79 Å². The van der Waals surface area contributed by atoms with Gasteiger partial charge in [-0.05, 0) is 25.5 Å². The van der Waals surface area contributed by atoms with Crippen molar-refractivity contribution in [2.45, 2.75) is 13.3 Å². The third-order valence-corrected chi connectivity index (χ3v) is 5.12. The van der Waals surface area contributed by atoms with Gasteiger partial charge < -0.3 is 29.7 Å². The molecular formula is C22H36N6O3. The number of aliphatic imine (C=N–C) groups is 1. The number of amides is 2. The first-order valence-electron chi connectivity index (χ1n) is 10.8. The predicted octanol–water partition coefficient (Wildman–Crippen LogP) is 1.32. The highest BCUT2D eigenvalue weighted by Gasteiger charge is 2.24. The second-order valence-electron chi connectivity index (χ2n) is 7.64. The third kappa shape index (κ3) is 7.99. The van der Waals surface area contributed by atoms with Gasteiger partial charge in [0.25, 0.3) is 0 Å². The molecule has 1 aromatic rings. The molecule has 0 aliphatic carbocycles. The summed E-state index contributed by atoms with van der Waals surface area (Å²) in [5.41, 5.74) is 1.18. The van der Waals surface area contributed by atoms with E-state index in [4.69, 9.17) is 4.74 Å². The normalized spacial score (nSPS) is 14.3. The molecule has 31 heavy (non-hydrogen) atoms. The second-order valence-corrected chi connectivity index (χ2v) is 7.64. The van der Waals surface area contributed by atoms with E-state index in [1.165, 1.54) is 10.6 Å². The average Bonchev–Trinajstić information content (AvgIpc) is 2.79. The van der Waals surface area contributed by atoms with E-state index in [0.29, 0.717) is 38.7 Å². The molecular weight excluding hydrogens is 396 g/mol. The van der Waals surface area contributed by atoms with E-state index in [1.807, 2.05) is 18.2 Å². The molecule has 0 saturated carbocycles. The minimum Gasteiger partial charge on any atom is -0.450 e. The maximum atomic E-state index is 12.0. The van der Waals surface area contributed by atoms with Crippen LogP contribution in [-0.4, -0.2) is 106 Å². The summed E-state index contributed by atoms with van der Waals surface area (Å²) in [7, 11) is 5.53. The van der Waals surface area contributed by atoms with Gasteiger partial charge in [0.05, 0.1) is 6.61 Å². The Kier molecular flexibility index (Phi) is 9.93. The molecule has 172 valence electrons. The quantitative estimate of drug-likeness (QED) is 0.379. The van der Waals surface area contributed by atoms with Crippen molar-refractivity contribution in [1.82, 2.24) is 20.0 Å². The van der Waals surface area contributed by atoms with Gasteiger partial charge in [0.1, 0.15) is 6.54 Å². The van der Waals surface area contributed by atoms with Gasteiger partial charge in [-0.1, -0.05) is 18.2 Å². The van der Waals surface area contributed by atoms with E-state index in [1.54, 1.807) is 25.9 Å². The van der Waals surface area contributed by atoms with E-state index in [2.05, 4.69) is 39.3 Å². The number of nitrogens with zero attached hydrogens (tertiary/aromatic N) is 5. The zero-order valence-corrected chi connectivity index (χ0v) is 19.2. The molecule has 1 fully saturated rings. The Morgan fingerprint density at radius 2 is 1.71 bits per heavy atom. The van der Waals surface area contributed by atoms with E-state index in [0.717, 1.165) is 19.5 Å². The molecule has 2 rings (SSSR count). The number of hydrogen-bond donors (Lipinski definition) is 1. The van der Waals surface area contributed by atoms with Crippen LogP contribution in [0.15, 0.2) is 35.3 Å². The minimum atomic E-state index is -0.277. The summed E-state index contributed by atoms with van der Waals surface area (Å²) in [6.45, 7) is 6.33. The van der Waals surface area contributed by atoms with Crippen LogP contribution in [-0.2, 0) is 9.53 Å². The number of carbonyl (C=O) groups is 2. The Labute approximate surface area is 185 Å². The van der Waals surface area contributed by atoms with Gasteiger partial charge in [0.15, 0.2) is 5.96 Å². The summed E-state index contributed by atoms with van der Waals surface area (Å²) in [4.78, 5) is 36.1. The van der Waals surface area contributed by atoms with Gasteiger partial charge in [-0.2, -0.15) is 0 Å². The van der Waals surface area contributed by atoms with Crippen LogP contribution in [0.3, 0.4) is 0 Å². The number of piperazine rings is 1. The number of likely N-dealkylation sites (N-methyl/N-ethyl adjacent to an activating group) is 1. The van der Waals surface area contributed by atoms with E-state index < -0.39 is 0 Å². The molecule has 0 unspecified atom stereocenters. The van der Waals surface area contributed by atoms with Crippen LogP contribution in [0.25, 0.3) is 0 Å². The van der Waals surface area contributed by atoms with Crippen LogP contribution in [0, 0.1) is 0 Å². The number of hydrogen-bond acceptors (Lipinski definition) is 5. The van der Waals surface area contributed by atoms with Crippen molar-refractivity contribution in [3.8, 4) is 0 Å². The Morgan fingerprint density at radius 3 is 2.32 bits per heavy atom. The zero-order chi connectivity index (χ0) is 22.6. The first-order valence-corrected chi connectivity index (χ1v) is 10.8. The summed E-state index contributed by atoms with van der Waals surface area (Å²) in [6.07, 6.45) is 0.648. The number of rotatable bonds is 8. The van der Waals surface area contributed by atoms with Gasteiger partial charge in [0, 0.05) is 66.1 Å². The molecule has 0 atom stereocenters. The Hall–Kier alpha value is -2.97. The second kappa shape index (κ2) is 12.7. The monoisotopic (exact) mass is 432 g/mol. The van der Waals surface area contributed by atoms with Crippen molar-refractivity contribution >= 4 is 23.6 Å². The SMILES string of the molecule is CCOC(=O)N1CCN(C(=NCC(=O)N(C)C)NCCCN(C)c2ccccc2)CC1. The molecule has 1 aliphatic rings. The van der Waals surface area contributed by atoms with E-state index in [9.17, 15) is 9.59 Å². The maximum Gasteiger partial charge on any atom is 0.409 e. The molecule has 0 bridgehead atoms. The molecule has 1 N–H and O–H groups in total. The van der Waals surface area contributed by atoms with Gasteiger partial charge in [0.2, 0.25) is 5.91 Å². The lowest BCUT2D eigenvalue weighted by Gasteiger charge is -2.36. The fourth-order valence-electron chi connectivity index (χ4n) is 3.20. The molecule has 1 aliphatic heterocycles. The standard InChI is InChI=1S/C22H36N6O3/c1-5-31-22(30)28-16-14-27(15-17-28)21(24-18-20(29)25(2)3)23-12-9-13-26(4)19-10-7-6-8-11-19/h6-8,10-11H,5,9,12-18H2,1-4H3,(H,23,24). The number of anilines is 1. The highest BCUT2D eigenvalue weighted by Crippen LogP contribution is 2.11. The summed E-state index contributed by atoms with van der Waals surface area (Å²) in [6, 6.07) is 10.3. The average molecular weight is 433 g/mol. The van der Waals surface area contributed by atoms with Crippen LogP contribution in [0.5, 0.6) is 0 Å². The lowest BCUT2D eigenvalue weighted by Crippen LogP contribution is -2.54. The lowest BCUT2D eigenvalue weighted by molar-refractivity contribution is -0.127. The Balaban J connectivity index is 1.89. The van der Waals surface area contributed by atoms with Crippen molar-refractivity contribution in [2.75, 3.05) is 78.5 Å². The largest absolute Gasteiger partial charge is 0.450 e. The molecule has 9 heteroatoms. The molecule has 1 saturated heterocycles. The number of ether oxygens (including phenoxy) is 1. The van der Waals surface area contributed by atoms with Crippen LogP contribution >= 0.6 is 0 Å². The number of nitrogens with one attached hydrogen (secondary N) is 1. The smallest absolute Gasteiger partial charge is 0.409 e. The Bertz CT molecular complexity index is 717. The van der Waals surface area contributed by atoms with E-state index >= 15 is 0 Å². The molecule has 1 heterocycles. The number of benzene rings is 1. The first kappa shape index (κ1) is 24.3. The van der Waals surface area contributed by atoms with Crippen LogP contribution < -0.4 is 10.2 Å². The molecule has 0 spiro atoms. The van der Waals surface area contributed by atoms with Crippen LogP contribution in [0.2, 0.25) is 0 Å². The molecule has 2 amide bonds. The van der Waals surface area contributed by atoms with Crippen LogP contribution in [0.4, 0.5) is 10.5 Å². The molecule has 0 aromatic heterocycles. The topological polar surface area (TPSA) is 80.7 Å². The van der Waals surface area contributed by atoms with Crippen molar-refractivity contribution in [3.05, 3.63) is 30.3 Å². The minimum absolute atomic E-state index is 0.0479. The predicted molar refractivity (Wildman–Crippen MR) is 123 cm³/mol. The van der Waals surface area contributed by atoms with E-state index in [-0.39, 0.29) is 18.5 Å². The zero-order valence-electron chi connectivity index (χ0n) is 19.2. The van der Waals surface area contributed by atoms with Gasteiger partial charge in [-0.15, -0.1) is 0 Å². The summed E-state index contributed by atoms with van der Waals surface area (Å²) in [5, 5.41) is 3.40. The van der Waals surface area contributed by atoms with Crippen LogP contribution in [0.1, 0.15) is 13.3 Å². The third-order valence-electron chi connectivity index (χ3n) is 5.12. The maximum absolute atomic E-state index is 12.0. The van der Waals surface area contributed by atoms with Gasteiger partial charge in [-0.3, -0.25) is 4.79 Å².